The first kappa shape index (κ1) is 16.1. The molecule has 1 fully saturated rings. The Kier molecular flexibility index (Phi) is 4.20. The van der Waals surface area contributed by atoms with Crippen molar-refractivity contribution in [3.05, 3.63) is 50.3 Å². The Hall–Kier alpha value is -1.80. The minimum Gasteiger partial charge on any atom is -0.301 e. The second kappa shape index (κ2) is 6.01. The Morgan fingerprint density at radius 1 is 1.04 bits per heavy atom. The Bertz CT molecular complexity index is 917. The van der Waals surface area contributed by atoms with Crippen LogP contribution in [-0.2, 0) is 10.0 Å². The van der Waals surface area contributed by atoms with Gasteiger partial charge in [0.1, 0.15) is 0 Å². The van der Waals surface area contributed by atoms with E-state index in [-0.39, 0.29) is 15.1 Å². The fourth-order valence-corrected chi connectivity index (χ4v) is 4.07. The van der Waals surface area contributed by atoms with Gasteiger partial charge < -0.3 is 4.52 Å². The molecule has 2 aromatic rings. The van der Waals surface area contributed by atoms with Gasteiger partial charge in [-0.3, -0.25) is 0 Å². The maximum absolute atomic E-state index is 12.5. The van der Waals surface area contributed by atoms with Gasteiger partial charge in [0, 0.05) is 11.1 Å². The molecule has 23 heavy (non-hydrogen) atoms. The van der Waals surface area contributed by atoms with Gasteiger partial charge in [0.15, 0.2) is 0 Å². The van der Waals surface area contributed by atoms with E-state index in [1.807, 2.05) is 0 Å². The van der Waals surface area contributed by atoms with Gasteiger partial charge >= 0.3 is 11.4 Å². The molecule has 1 aromatic heterocycles. The lowest BCUT2D eigenvalue weighted by Gasteiger charge is -2.20. The van der Waals surface area contributed by atoms with Gasteiger partial charge in [-0.15, -0.1) is 0 Å². The number of benzene rings is 1. The maximum atomic E-state index is 12.5. The van der Waals surface area contributed by atoms with Gasteiger partial charge in [-0.2, -0.15) is 8.42 Å². The lowest BCUT2D eigenvalue weighted by Crippen LogP contribution is -2.35. The molecule has 0 N–H and O–H groups in total. The molecule has 0 atom stereocenters. The Morgan fingerprint density at radius 2 is 1.65 bits per heavy atom. The molecule has 0 amide bonds. The van der Waals surface area contributed by atoms with E-state index in [1.54, 1.807) is 0 Å². The molecule has 1 saturated carbocycles. The monoisotopic (exact) mass is 358 g/mol. The lowest BCUT2D eigenvalue weighted by atomic mass is 9.95. The molecule has 124 valence electrons. The van der Waals surface area contributed by atoms with E-state index >= 15 is 0 Å². The van der Waals surface area contributed by atoms with Crippen molar-refractivity contribution in [1.29, 1.82) is 0 Å². The zero-order valence-corrected chi connectivity index (χ0v) is 13.7. The minimum atomic E-state index is -4.27. The van der Waals surface area contributed by atoms with Crippen LogP contribution in [0.4, 0.5) is 0 Å². The number of aromatic nitrogens is 2. The van der Waals surface area contributed by atoms with Crippen LogP contribution in [-0.4, -0.2) is 17.1 Å². The summed E-state index contributed by atoms with van der Waals surface area (Å²) in [4.78, 5) is 24.2. The van der Waals surface area contributed by atoms with E-state index in [1.165, 1.54) is 24.3 Å². The molecule has 0 unspecified atom stereocenters. The number of nitrogens with zero attached hydrogens (tertiary/aromatic N) is 2. The summed E-state index contributed by atoms with van der Waals surface area (Å²) in [5.74, 6) is -0.945. The van der Waals surface area contributed by atoms with E-state index in [0.29, 0.717) is 17.9 Å². The third-order valence-corrected chi connectivity index (χ3v) is 5.78. The van der Waals surface area contributed by atoms with Crippen LogP contribution in [0, 0.1) is 0 Å². The van der Waals surface area contributed by atoms with Crippen molar-refractivity contribution in [2.45, 2.75) is 43.0 Å². The molecule has 1 heterocycles. The average Bonchev–Trinajstić information content (AvgIpc) is 2.84. The van der Waals surface area contributed by atoms with Crippen LogP contribution in [0.2, 0.25) is 5.02 Å². The highest BCUT2D eigenvalue weighted by atomic mass is 35.5. The molecular formula is C14H15ClN2O5S. The summed E-state index contributed by atoms with van der Waals surface area (Å²) in [7, 11) is -4.27. The second-order valence-corrected chi connectivity index (χ2v) is 7.68. The fourth-order valence-electron chi connectivity index (χ4n) is 2.82. The van der Waals surface area contributed by atoms with E-state index < -0.39 is 21.5 Å². The zero-order chi connectivity index (χ0) is 16.6. The third kappa shape index (κ3) is 2.88. The molecule has 7 nitrogen and oxygen atoms in total. The maximum Gasteiger partial charge on any atom is 0.443 e. The minimum absolute atomic E-state index is 0.160. The summed E-state index contributed by atoms with van der Waals surface area (Å²) in [6, 6.07) is 4.96. The topological polar surface area (TPSA) is 91.3 Å². The van der Waals surface area contributed by atoms with Gasteiger partial charge in [0.25, 0.3) is 10.0 Å². The largest absolute Gasteiger partial charge is 0.443 e. The Balaban J connectivity index is 2.09. The fraction of sp³-hybridized carbons (Fsp3) is 0.429. The van der Waals surface area contributed by atoms with Gasteiger partial charge in [-0.25, -0.2) is 14.2 Å². The van der Waals surface area contributed by atoms with Crippen molar-refractivity contribution in [2.24, 2.45) is 0 Å². The highest BCUT2D eigenvalue weighted by Crippen LogP contribution is 2.26. The molecule has 1 aromatic carbocycles. The van der Waals surface area contributed by atoms with E-state index in [4.69, 9.17) is 16.1 Å². The Labute approximate surface area is 137 Å². The molecular weight excluding hydrogens is 344 g/mol. The average molecular weight is 359 g/mol. The van der Waals surface area contributed by atoms with Crippen LogP contribution in [0.25, 0.3) is 0 Å². The number of rotatable bonds is 3. The molecule has 0 aliphatic heterocycles. The summed E-state index contributed by atoms with van der Waals surface area (Å²) >= 11 is 5.73. The van der Waals surface area contributed by atoms with Crippen molar-refractivity contribution >= 4 is 21.6 Å². The molecule has 0 saturated heterocycles. The van der Waals surface area contributed by atoms with Crippen molar-refractivity contribution in [1.82, 2.24) is 8.71 Å². The number of halogens is 1. The normalized spacial score (nSPS) is 16.6. The molecule has 0 spiro atoms. The summed E-state index contributed by atoms with van der Waals surface area (Å²) in [5.41, 5.74) is -0.961. The lowest BCUT2D eigenvalue weighted by molar-refractivity contribution is 0.305. The highest BCUT2D eigenvalue weighted by molar-refractivity contribution is 7.89. The van der Waals surface area contributed by atoms with Gasteiger partial charge in [0.05, 0.1) is 4.90 Å². The van der Waals surface area contributed by atoms with E-state index in [0.717, 1.165) is 23.8 Å². The van der Waals surface area contributed by atoms with Gasteiger partial charge in [-0.1, -0.05) is 30.9 Å². The Morgan fingerprint density at radius 3 is 2.26 bits per heavy atom. The summed E-state index contributed by atoms with van der Waals surface area (Å²) < 4.78 is 30.8. The standard InChI is InChI=1S/C14H15ClN2O5S/c15-10-6-8-12(9-7-10)23(20,21)17-13(18)16(14(19)22-17)11-4-2-1-3-5-11/h6-9,11H,1-5H2. The molecule has 1 aliphatic carbocycles. The highest BCUT2D eigenvalue weighted by Gasteiger charge is 2.29. The smallest absolute Gasteiger partial charge is 0.301 e. The van der Waals surface area contributed by atoms with Crippen LogP contribution in [0.15, 0.2) is 43.3 Å². The first-order chi connectivity index (χ1) is 10.9. The van der Waals surface area contributed by atoms with E-state index in [2.05, 4.69) is 0 Å². The van der Waals surface area contributed by atoms with Crippen molar-refractivity contribution < 1.29 is 12.9 Å². The molecule has 9 heteroatoms. The number of hydrogen-bond acceptors (Lipinski definition) is 5. The summed E-state index contributed by atoms with van der Waals surface area (Å²) in [5, 5.41) is 0.359. The first-order valence-corrected chi connectivity index (χ1v) is 9.09. The first-order valence-electron chi connectivity index (χ1n) is 7.27. The molecule has 0 radical (unpaired) electrons. The molecule has 0 bridgehead atoms. The SMILES string of the molecule is O=c1on(S(=O)(=O)c2ccc(Cl)cc2)c(=O)n1C1CCCCC1. The summed E-state index contributed by atoms with van der Waals surface area (Å²) in [6.07, 6.45) is 4.16. The van der Waals surface area contributed by atoms with Crippen LogP contribution in [0.5, 0.6) is 0 Å². The molecule has 3 rings (SSSR count). The quantitative estimate of drug-likeness (QED) is 0.836. The molecule has 1 aliphatic rings. The summed E-state index contributed by atoms with van der Waals surface area (Å²) in [6.45, 7) is 0. The van der Waals surface area contributed by atoms with Gasteiger partial charge in [0.2, 0.25) is 0 Å². The number of hydrogen-bond donors (Lipinski definition) is 0. The van der Waals surface area contributed by atoms with Crippen molar-refractivity contribution in [2.75, 3.05) is 0 Å². The van der Waals surface area contributed by atoms with Crippen LogP contribution in [0.3, 0.4) is 0 Å². The zero-order valence-electron chi connectivity index (χ0n) is 12.1. The third-order valence-electron chi connectivity index (χ3n) is 3.99. The van der Waals surface area contributed by atoms with Crippen LogP contribution >= 0.6 is 11.6 Å². The predicted molar refractivity (Wildman–Crippen MR) is 83.4 cm³/mol. The van der Waals surface area contributed by atoms with E-state index in [9.17, 15) is 18.0 Å². The van der Waals surface area contributed by atoms with Crippen molar-refractivity contribution in [3.63, 3.8) is 0 Å². The van der Waals surface area contributed by atoms with Gasteiger partial charge in [-0.05, 0) is 41.3 Å². The second-order valence-electron chi connectivity index (χ2n) is 5.49. The van der Waals surface area contributed by atoms with Crippen LogP contribution in [0.1, 0.15) is 38.1 Å². The van der Waals surface area contributed by atoms with Crippen molar-refractivity contribution in [3.8, 4) is 0 Å². The predicted octanol–water partition coefficient (Wildman–Crippen LogP) is 2.00. The van der Waals surface area contributed by atoms with Crippen LogP contribution < -0.4 is 11.4 Å².